The highest BCUT2D eigenvalue weighted by atomic mass is 35.5. The molecule has 0 atom stereocenters. The second-order valence-corrected chi connectivity index (χ2v) is 6.31. The molecule has 1 aromatic carbocycles. The number of hydrogen-bond donors (Lipinski definition) is 1. The lowest BCUT2D eigenvalue weighted by molar-refractivity contribution is -0.114. The number of pyridine rings is 1. The number of alkyl halides is 1. The lowest BCUT2D eigenvalue weighted by Crippen LogP contribution is -2.16. The highest BCUT2D eigenvalue weighted by Crippen LogP contribution is 2.25. The molecule has 0 radical (unpaired) electrons. The van der Waals surface area contributed by atoms with Crippen LogP contribution in [0.3, 0.4) is 0 Å². The first-order chi connectivity index (χ1) is 11.4. The summed E-state index contributed by atoms with van der Waals surface area (Å²) in [5, 5.41) is 8.35. The van der Waals surface area contributed by atoms with Gasteiger partial charge in [-0.1, -0.05) is 11.6 Å². The van der Waals surface area contributed by atoms with Gasteiger partial charge < -0.3 is 5.32 Å². The maximum absolute atomic E-state index is 11.6. The molecule has 2 aromatic heterocycles. The first-order valence-electron chi connectivity index (χ1n) is 7.70. The Bertz CT molecular complexity index is 946. The van der Waals surface area contributed by atoms with Crippen molar-refractivity contribution in [2.45, 2.75) is 27.7 Å². The number of nitrogens with zero attached hydrogens (tertiary/aromatic N) is 3. The zero-order valence-electron chi connectivity index (χ0n) is 14.1. The van der Waals surface area contributed by atoms with Crippen LogP contribution < -0.4 is 5.32 Å². The number of benzene rings is 1. The first-order valence-corrected chi connectivity index (χ1v) is 8.24. The molecule has 0 aliphatic carbocycles. The fourth-order valence-electron chi connectivity index (χ4n) is 2.88. The van der Waals surface area contributed by atoms with Crippen molar-refractivity contribution in [2.75, 3.05) is 11.2 Å². The Morgan fingerprint density at radius 3 is 2.58 bits per heavy atom. The number of halogens is 1. The summed E-state index contributed by atoms with van der Waals surface area (Å²) in [6.07, 6.45) is 0. The van der Waals surface area contributed by atoms with Crippen molar-refractivity contribution in [3.63, 3.8) is 0 Å². The first kappa shape index (κ1) is 16.5. The van der Waals surface area contributed by atoms with E-state index in [0.717, 1.165) is 27.7 Å². The van der Waals surface area contributed by atoms with Crippen LogP contribution >= 0.6 is 11.6 Å². The van der Waals surface area contributed by atoms with Gasteiger partial charge in [-0.25, -0.2) is 4.98 Å². The Hall–Kier alpha value is -2.40. The molecular weight excluding hydrogens is 324 g/mol. The van der Waals surface area contributed by atoms with Crippen molar-refractivity contribution in [1.29, 1.82) is 0 Å². The van der Waals surface area contributed by atoms with Crippen LogP contribution in [-0.2, 0) is 4.79 Å². The fourth-order valence-corrected chi connectivity index (χ4v) is 2.94. The van der Waals surface area contributed by atoms with E-state index in [1.165, 1.54) is 5.56 Å². The number of rotatable bonds is 3. The van der Waals surface area contributed by atoms with Gasteiger partial charge in [0.15, 0.2) is 5.82 Å². The molecule has 0 saturated carbocycles. The average molecular weight is 343 g/mol. The number of amides is 1. The molecular formula is C18H19ClN4O. The Balaban J connectivity index is 2.19. The number of anilines is 1. The normalized spacial score (nSPS) is 11.0. The molecule has 0 saturated heterocycles. The lowest BCUT2D eigenvalue weighted by Gasteiger charge is -2.12. The van der Waals surface area contributed by atoms with Crippen LogP contribution in [0.5, 0.6) is 0 Å². The summed E-state index contributed by atoms with van der Waals surface area (Å²) in [6.45, 7) is 8.06. The van der Waals surface area contributed by atoms with Crippen LogP contribution in [0.2, 0.25) is 0 Å². The van der Waals surface area contributed by atoms with Gasteiger partial charge >= 0.3 is 0 Å². The zero-order chi connectivity index (χ0) is 17.4. The minimum Gasteiger partial charge on any atom is -0.309 e. The van der Waals surface area contributed by atoms with Gasteiger partial charge in [0, 0.05) is 11.5 Å². The number of aryl methyl sites for hydroxylation is 4. The zero-order valence-corrected chi connectivity index (χ0v) is 14.9. The van der Waals surface area contributed by atoms with Gasteiger partial charge in [-0.3, -0.25) is 4.79 Å². The average Bonchev–Trinajstić information content (AvgIpc) is 2.88. The van der Waals surface area contributed by atoms with Gasteiger partial charge in [0.25, 0.3) is 0 Å². The van der Waals surface area contributed by atoms with Gasteiger partial charge in [-0.15, -0.1) is 11.6 Å². The number of aromatic nitrogens is 3. The van der Waals surface area contributed by atoms with Crippen molar-refractivity contribution in [3.05, 3.63) is 46.6 Å². The standard InChI is InChI=1S/C18H19ClN4O/c1-10-5-12(3)18-14(6-10)11(2)7-15(21-18)23-16(8-13(4)22-23)20-17(24)9-19/h5-8H,9H2,1-4H3,(H,20,24). The smallest absolute Gasteiger partial charge is 0.240 e. The molecule has 0 bridgehead atoms. The van der Waals surface area contributed by atoms with Gasteiger partial charge in [-0.05, 0) is 51.0 Å². The molecule has 0 spiro atoms. The summed E-state index contributed by atoms with van der Waals surface area (Å²) in [6, 6.07) is 8.03. The number of nitrogens with one attached hydrogen (secondary N) is 1. The van der Waals surface area contributed by atoms with Gasteiger partial charge in [0.1, 0.15) is 11.7 Å². The molecule has 124 valence electrons. The minimum absolute atomic E-state index is 0.104. The molecule has 0 fully saturated rings. The van der Waals surface area contributed by atoms with Crippen LogP contribution in [-0.4, -0.2) is 26.6 Å². The molecule has 1 N–H and O–H groups in total. The SMILES string of the molecule is Cc1cc(C)c2nc(-n3nc(C)cc3NC(=O)CCl)cc(C)c2c1. The molecule has 6 heteroatoms. The number of hydrogen-bond acceptors (Lipinski definition) is 3. The number of carbonyl (C=O) groups is 1. The molecule has 2 heterocycles. The largest absolute Gasteiger partial charge is 0.309 e. The molecule has 0 aliphatic heterocycles. The second kappa shape index (κ2) is 6.24. The van der Waals surface area contributed by atoms with Crippen LogP contribution in [0.4, 0.5) is 5.82 Å². The minimum atomic E-state index is -0.276. The number of fused-ring (bicyclic) bond motifs is 1. The maximum Gasteiger partial charge on any atom is 0.240 e. The van der Waals surface area contributed by atoms with E-state index in [0.29, 0.717) is 11.6 Å². The quantitative estimate of drug-likeness (QED) is 0.736. The van der Waals surface area contributed by atoms with Crippen LogP contribution in [0.25, 0.3) is 16.7 Å². The van der Waals surface area contributed by atoms with Crippen molar-refractivity contribution in [2.24, 2.45) is 0 Å². The van der Waals surface area contributed by atoms with E-state index in [1.54, 1.807) is 10.7 Å². The van der Waals surface area contributed by atoms with Gasteiger partial charge in [0.05, 0.1) is 11.2 Å². The van der Waals surface area contributed by atoms with E-state index in [-0.39, 0.29) is 11.8 Å². The van der Waals surface area contributed by atoms with E-state index in [1.807, 2.05) is 13.0 Å². The van der Waals surface area contributed by atoms with Crippen molar-refractivity contribution >= 4 is 34.2 Å². The van der Waals surface area contributed by atoms with Crippen LogP contribution in [0, 0.1) is 27.7 Å². The van der Waals surface area contributed by atoms with Gasteiger partial charge in [-0.2, -0.15) is 9.78 Å². The third kappa shape index (κ3) is 2.99. The molecule has 3 rings (SSSR count). The van der Waals surface area contributed by atoms with E-state index < -0.39 is 0 Å². The van der Waals surface area contributed by atoms with Crippen LogP contribution in [0.15, 0.2) is 24.3 Å². The molecule has 3 aromatic rings. The third-order valence-corrected chi connectivity index (χ3v) is 4.12. The van der Waals surface area contributed by atoms with E-state index >= 15 is 0 Å². The molecule has 5 nitrogen and oxygen atoms in total. The highest BCUT2D eigenvalue weighted by molar-refractivity contribution is 6.29. The summed E-state index contributed by atoms with van der Waals surface area (Å²) in [5.41, 5.74) is 5.18. The monoisotopic (exact) mass is 342 g/mol. The Morgan fingerprint density at radius 1 is 1.12 bits per heavy atom. The van der Waals surface area contributed by atoms with Gasteiger partial charge in [0.2, 0.25) is 5.91 Å². The number of carbonyl (C=O) groups excluding carboxylic acids is 1. The highest BCUT2D eigenvalue weighted by Gasteiger charge is 2.14. The summed E-state index contributed by atoms with van der Waals surface area (Å²) < 4.78 is 1.64. The maximum atomic E-state index is 11.6. The van der Waals surface area contributed by atoms with Crippen molar-refractivity contribution in [3.8, 4) is 5.82 Å². The Morgan fingerprint density at radius 2 is 1.88 bits per heavy atom. The Kier molecular flexibility index (Phi) is 4.28. The van der Waals surface area contributed by atoms with E-state index in [9.17, 15) is 4.79 Å². The summed E-state index contributed by atoms with van der Waals surface area (Å²) in [5.74, 6) is 0.855. The fraction of sp³-hybridized carbons (Fsp3) is 0.278. The van der Waals surface area contributed by atoms with E-state index in [4.69, 9.17) is 16.6 Å². The van der Waals surface area contributed by atoms with Crippen molar-refractivity contribution in [1.82, 2.24) is 14.8 Å². The lowest BCUT2D eigenvalue weighted by atomic mass is 10.0. The molecule has 1 amide bonds. The van der Waals surface area contributed by atoms with E-state index in [2.05, 4.69) is 43.3 Å². The molecule has 0 aliphatic rings. The summed E-state index contributed by atoms with van der Waals surface area (Å²) in [7, 11) is 0. The predicted molar refractivity (Wildman–Crippen MR) is 97.2 cm³/mol. The molecule has 0 unspecified atom stereocenters. The topological polar surface area (TPSA) is 59.8 Å². The van der Waals surface area contributed by atoms with Crippen molar-refractivity contribution < 1.29 is 4.79 Å². The summed E-state index contributed by atoms with van der Waals surface area (Å²) in [4.78, 5) is 16.4. The molecule has 24 heavy (non-hydrogen) atoms. The second-order valence-electron chi connectivity index (χ2n) is 6.04. The van der Waals surface area contributed by atoms with Crippen LogP contribution in [0.1, 0.15) is 22.4 Å². The summed E-state index contributed by atoms with van der Waals surface area (Å²) >= 11 is 5.59. The third-order valence-electron chi connectivity index (χ3n) is 3.88. The predicted octanol–water partition coefficient (Wildman–Crippen LogP) is 3.83. The Labute approximate surface area is 145 Å².